The second-order valence-electron chi connectivity index (χ2n) is 4.07. The van der Waals surface area contributed by atoms with Crippen molar-refractivity contribution in [1.82, 2.24) is 15.3 Å². The summed E-state index contributed by atoms with van der Waals surface area (Å²) in [6, 6.07) is 0.211. The van der Waals surface area contributed by atoms with Gasteiger partial charge in [-0.15, -0.1) is 0 Å². The maximum Gasteiger partial charge on any atom is 0.115 e. The Hall–Kier alpha value is -1.26. The van der Waals surface area contributed by atoms with E-state index in [1.807, 2.05) is 12.4 Å². The van der Waals surface area contributed by atoms with Gasteiger partial charge in [0, 0.05) is 18.0 Å². The number of hydrogen-bond acceptors (Lipinski definition) is 4. The Kier molecular flexibility index (Phi) is 4.23. The summed E-state index contributed by atoms with van der Waals surface area (Å²) >= 11 is 1.74. The van der Waals surface area contributed by atoms with Gasteiger partial charge in [-0.1, -0.05) is 6.92 Å². The van der Waals surface area contributed by atoms with E-state index < -0.39 is 0 Å². The van der Waals surface area contributed by atoms with Crippen LogP contribution in [0.2, 0.25) is 0 Å². The van der Waals surface area contributed by atoms with E-state index in [9.17, 15) is 0 Å². The number of aryl methyl sites for hydroxylation is 1. The molecule has 0 bridgehead atoms. The van der Waals surface area contributed by atoms with Crippen molar-refractivity contribution in [3.05, 3.63) is 46.2 Å². The lowest BCUT2D eigenvalue weighted by molar-refractivity contribution is 0.594. The number of nitrogens with zero attached hydrogens (tertiary/aromatic N) is 2. The van der Waals surface area contributed by atoms with Crippen LogP contribution in [0, 0.1) is 6.92 Å². The highest BCUT2D eigenvalue weighted by molar-refractivity contribution is 7.08. The summed E-state index contributed by atoms with van der Waals surface area (Å²) in [6.45, 7) is 5.32. The van der Waals surface area contributed by atoms with Gasteiger partial charge in [0.1, 0.15) is 6.33 Å². The van der Waals surface area contributed by atoms with Crippen molar-refractivity contribution in [1.29, 1.82) is 0 Å². The Bertz CT molecular complexity index is 453. The molecule has 0 aliphatic carbocycles. The van der Waals surface area contributed by atoms with Crippen molar-refractivity contribution >= 4 is 11.3 Å². The highest BCUT2D eigenvalue weighted by Gasteiger charge is 2.16. The largest absolute Gasteiger partial charge is 0.306 e. The molecule has 0 aliphatic rings. The monoisotopic (exact) mass is 247 g/mol. The molecule has 0 radical (unpaired) electrons. The Morgan fingerprint density at radius 1 is 1.29 bits per heavy atom. The van der Waals surface area contributed by atoms with E-state index in [0.717, 1.165) is 18.5 Å². The predicted octanol–water partition coefficient (Wildman–Crippen LogP) is 2.94. The molecule has 0 saturated carbocycles. The summed E-state index contributed by atoms with van der Waals surface area (Å²) in [5, 5.41) is 7.94. The first kappa shape index (κ1) is 12.2. The van der Waals surface area contributed by atoms with Gasteiger partial charge in [0.2, 0.25) is 0 Å². The fourth-order valence-electron chi connectivity index (χ4n) is 1.82. The van der Waals surface area contributed by atoms with Gasteiger partial charge in [-0.3, -0.25) is 0 Å². The molecule has 0 aliphatic heterocycles. The van der Waals surface area contributed by atoms with Gasteiger partial charge >= 0.3 is 0 Å². The minimum absolute atomic E-state index is 0.211. The van der Waals surface area contributed by atoms with Crippen LogP contribution in [0.5, 0.6) is 0 Å². The van der Waals surface area contributed by atoms with E-state index in [-0.39, 0.29) is 6.04 Å². The summed E-state index contributed by atoms with van der Waals surface area (Å²) in [6.07, 6.45) is 6.46. The normalized spacial score (nSPS) is 12.6. The summed E-state index contributed by atoms with van der Waals surface area (Å²) < 4.78 is 0. The van der Waals surface area contributed by atoms with Crippen LogP contribution in [0.15, 0.2) is 29.5 Å². The molecule has 0 aromatic carbocycles. The van der Waals surface area contributed by atoms with Gasteiger partial charge in [-0.25, -0.2) is 9.97 Å². The van der Waals surface area contributed by atoms with Crippen molar-refractivity contribution in [3.8, 4) is 0 Å². The fraction of sp³-hybridized carbons (Fsp3) is 0.385. The van der Waals surface area contributed by atoms with Gasteiger partial charge in [-0.05, 0) is 41.8 Å². The Morgan fingerprint density at radius 3 is 2.65 bits per heavy atom. The molecule has 1 N–H and O–H groups in total. The molecule has 1 unspecified atom stereocenters. The third-order valence-electron chi connectivity index (χ3n) is 2.72. The standard InChI is InChI=1S/C13H17N3S/c1-3-4-16-13(11-5-14-9-15-6-11)12-8-17-7-10(12)2/h5-9,13,16H,3-4H2,1-2H3. The van der Waals surface area contributed by atoms with Crippen LogP contribution >= 0.6 is 11.3 Å². The lowest BCUT2D eigenvalue weighted by Gasteiger charge is -2.18. The molecule has 0 spiro atoms. The van der Waals surface area contributed by atoms with Crippen LogP contribution in [-0.2, 0) is 0 Å². The zero-order chi connectivity index (χ0) is 12.1. The summed E-state index contributed by atoms with van der Waals surface area (Å²) in [7, 11) is 0. The number of thiophene rings is 1. The van der Waals surface area contributed by atoms with Crippen molar-refractivity contribution in [3.63, 3.8) is 0 Å². The van der Waals surface area contributed by atoms with Gasteiger partial charge in [0.05, 0.1) is 6.04 Å². The number of nitrogens with one attached hydrogen (secondary N) is 1. The highest BCUT2D eigenvalue weighted by atomic mass is 32.1. The molecule has 17 heavy (non-hydrogen) atoms. The first-order valence-corrected chi connectivity index (χ1v) is 6.78. The van der Waals surface area contributed by atoms with E-state index in [1.54, 1.807) is 17.7 Å². The Balaban J connectivity index is 2.29. The smallest absolute Gasteiger partial charge is 0.115 e. The van der Waals surface area contributed by atoms with Crippen molar-refractivity contribution in [2.24, 2.45) is 0 Å². The van der Waals surface area contributed by atoms with E-state index in [0.29, 0.717) is 0 Å². The molecule has 1 atom stereocenters. The van der Waals surface area contributed by atoms with Crippen LogP contribution in [0.1, 0.15) is 36.1 Å². The molecule has 2 aromatic heterocycles. The van der Waals surface area contributed by atoms with Gasteiger partial charge < -0.3 is 5.32 Å². The zero-order valence-electron chi connectivity index (χ0n) is 10.2. The van der Waals surface area contributed by atoms with Crippen LogP contribution < -0.4 is 5.32 Å². The molecule has 2 aromatic rings. The van der Waals surface area contributed by atoms with Gasteiger partial charge in [0.25, 0.3) is 0 Å². The lowest BCUT2D eigenvalue weighted by Crippen LogP contribution is -2.23. The van der Waals surface area contributed by atoms with Crippen LogP contribution in [0.4, 0.5) is 0 Å². The minimum Gasteiger partial charge on any atom is -0.306 e. The highest BCUT2D eigenvalue weighted by Crippen LogP contribution is 2.26. The number of aromatic nitrogens is 2. The molecule has 0 saturated heterocycles. The molecule has 2 heterocycles. The average Bonchev–Trinajstić information content (AvgIpc) is 2.78. The lowest BCUT2D eigenvalue weighted by atomic mass is 10.0. The number of rotatable bonds is 5. The Labute approximate surface area is 106 Å². The molecule has 0 fully saturated rings. The quantitative estimate of drug-likeness (QED) is 0.882. The maximum atomic E-state index is 4.11. The van der Waals surface area contributed by atoms with Gasteiger partial charge in [-0.2, -0.15) is 11.3 Å². The summed E-state index contributed by atoms with van der Waals surface area (Å²) in [5.41, 5.74) is 3.79. The fourth-order valence-corrected chi connectivity index (χ4v) is 2.70. The van der Waals surface area contributed by atoms with Crippen LogP contribution in [0.3, 0.4) is 0 Å². The molecule has 0 amide bonds. The van der Waals surface area contributed by atoms with Crippen molar-refractivity contribution < 1.29 is 0 Å². The maximum absolute atomic E-state index is 4.11. The van der Waals surface area contributed by atoms with Crippen molar-refractivity contribution in [2.45, 2.75) is 26.3 Å². The van der Waals surface area contributed by atoms with E-state index >= 15 is 0 Å². The number of hydrogen-bond donors (Lipinski definition) is 1. The third-order valence-corrected chi connectivity index (χ3v) is 3.60. The Morgan fingerprint density at radius 2 is 2.06 bits per heavy atom. The summed E-state index contributed by atoms with van der Waals surface area (Å²) in [5.74, 6) is 0. The molecular weight excluding hydrogens is 230 g/mol. The van der Waals surface area contributed by atoms with Gasteiger partial charge in [0.15, 0.2) is 0 Å². The van der Waals surface area contributed by atoms with E-state index in [1.165, 1.54) is 11.1 Å². The van der Waals surface area contributed by atoms with Crippen LogP contribution in [-0.4, -0.2) is 16.5 Å². The first-order chi connectivity index (χ1) is 8.33. The van der Waals surface area contributed by atoms with Crippen LogP contribution in [0.25, 0.3) is 0 Å². The van der Waals surface area contributed by atoms with Crippen molar-refractivity contribution in [2.75, 3.05) is 6.54 Å². The molecular formula is C13H17N3S. The second-order valence-corrected chi connectivity index (χ2v) is 4.81. The first-order valence-electron chi connectivity index (χ1n) is 5.84. The van der Waals surface area contributed by atoms with E-state index in [2.05, 4.69) is 39.9 Å². The SMILES string of the molecule is CCCNC(c1cncnc1)c1cscc1C. The third kappa shape index (κ3) is 2.90. The van der Waals surface area contributed by atoms with E-state index in [4.69, 9.17) is 0 Å². The summed E-state index contributed by atoms with van der Waals surface area (Å²) in [4.78, 5) is 8.21. The topological polar surface area (TPSA) is 37.8 Å². The molecule has 4 heteroatoms. The second kappa shape index (κ2) is 5.89. The molecule has 2 rings (SSSR count). The predicted molar refractivity (Wildman–Crippen MR) is 71.2 cm³/mol. The average molecular weight is 247 g/mol. The zero-order valence-corrected chi connectivity index (χ0v) is 11.0. The minimum atomic E-state index is 0.211. The molecule has 90 valence electrons. The molecule has 3 nitrogen and oxygen atoms in total.